The maximum absolute atomic E-state index is 13.2. The Kier molecular flexibility index (Phi) is 6.34. The van der Waals surface area contributed by atoms with Crippen LogP contribution in [0.15, 0.2) is 53.9 Å². The molecule has 0 aromatic heterocycles. The van der Waals surface area contributed by atoms with Crippen molar-refractivity contribution in [3.05, 3.63) is 70.2 Å². The number of methoxy groups -OCH3 is 1. The molecule has 0 aliphatic carbocycles. The zero-order valence-corrected chi connectivity index (χ0v) is 16.5. The molecule has 2 aromatic carbocycles. The number of ether oxygens (including phenoxy) is 1. The molecular weight excluding hydrogens is 397 g/mol. The van der Waals surface area contributed by atoms with Gasteiger partial charge in [0.15, 0.2) is 0 Å². The van der Waals surface area contributed by atoms with E-state index >= 15 is 0 Å². The second-order valence-electron chi connectivity index (χ2n) is 5.39. The smallest absolute Gasteiger partial charge is 0.337 e. The van der Waals surface area contributed by atoms with E-state index in [-0.39, 0.29) is 27.0 Å². The van der Waals surface area contributed by atoms with Crippen LogP contribution in [0.2, 0.25) is 10.0 Å². The van der Waals surface area contributed by atoms with Gasteiger partial charge in [-0.3, -0.25) is 4.31 Å². The number of aryl methyl sites for hydroxylation is 1. The van der Waals surface area contributed by atoms with Crippen molar-refractivity contribution in [2.24, 2.45) is 0 Å². The molecule has 0 radical (unpaired) electrons. The Morgan fingerprint density at radius 3 is 2.54 bits per heavy atom. The van der Waals surface area contributed by atoms with Crippen molar-refractivity contribution in [1.29, 1.82) is 0 Å². The molecule has 0 atom stereocenters. The maximum atomic E-state index is 13.2. The predicted molar refractivity (Wildman–Crippen MR) is 104 cm³/mol. The Hall–Kier alpha value is -2.02. The van der Waals surface area contributed by atoms with E-state index in [4.69, 9.17) is 27.9 Å². The molecule has 0 spiro atoms. The van der Waals surface area contributed by atoms with Crippen LogP contribution in [-0.2, 0) is 14.8 Å². The van der Waals surface area contributed by atoms with Crippen LogP contribution in [0.1, 0.15) is 15.9 Å². The van der Waals surface area contributed by atoms with Crippen LogP contribution in [-0.4, -0.2) is 28.0 Å². The number of esters is 1. The van der Waals surface area contributed by atoms with Gasteiger partial charge in [-0.25, -0.2) is 13.2 Å². The second-order valence-corrected chi connectivity index (χ2v) is 8.07. The minimum Gasteiger partial charge on any atom is -0.465 e. The topological polar surface area (TPSA) is 63.7 Å². The van der Waals surface area contributed by atoms with Crippen LogP contribution in [0, 0.1) is 6.92 Å². The molecule has 2 aromatic rings. The molecule has 0 amide bonds. The van der Waals surface area contributed by atoms with Gasteiger partial charge >= 0.3 is 5.97 Å². The van der Waals surface area contributed by atoms with Crippen LogP contribution < -0.4 is 4.31 Å². The highest BCUT2D eigenvalue weighted by molar-refractivity contribution is 7.93. The summed E-state index contributed by atoms with van der Waals surface area (Å²) >= 11 is 12.0. The van der Waals surface area contributed by atoms with Crippen LogP contribution >= 0.6 is 23.2 Å². The Bertz CT molecular complexity index is 958. The first-order valence-electron chi connectivity index (χ1n) is 7.50. The fourth-order valence-electron chi connectivity index (χ4n) is 2.36. The summed E-state index contributed by atoms with van der Waals surface area (Å²) in [5.74, 6) is -0.567. The molecule has 0 unspecified atom stereocenters. The van der Waals surface area contributed by atoms with E-state index in [1.54, 1.807) is 19.1 Å². The number of carbonyl (C=O) groups is 1. The third kappa shape index (κ3) is 4.03. The highest BCUT2D eigenvalue weighted by Gasteiger charge is 2.28. The minimum absolute atomic E-state index is 0.0172. The molecular formula is C18H17Cl2NO4S. The molecule has 2 rings (SSSR count). The molecule has 0 saturated carbocycles. The van der Waals surface area contributed by atoms with Gasteiger partial charge in [-0.15, -0.1) is 6.58 Å². The molecule has 5 nitrogen and oxygen atoms in total. The van der Waals surface area contributed by atoms with Crippen LogP contribution in [0.4, 0.5) is 5.69 Å². The van der Waals surface area contributed by atoms with Gasteiger partial charge in [0.2, 0.25) is 0 Å². The monoisotopic (exact) mass is 413 g/mol. The van der Waals surface area contributed by atoms with Crippen molar-refractivity contribution in [1.82, 2.24) is 0 Å². The number of sulfonamides is 1. The number of benzene rings is 2. The number of carbonyl (C=O) groups excluding carboxylic acids is 1. The Morgan fingerprint density at radius 1 is 1.23 bits per heavy atom. The third-order valence-corrected chi connectivity index (χ3v) is 6.15. The number of halogens is 2. The van der Waals surface area contributed by atoms with Gasteiger partial charge in [-0.1, -0.05) is 35.3 Å². The fourth-order valence-corrected chi connectivity index (χ4v) is 4.59. The van der Waals surface area contributed by atoms with Gasteiger partial charge in [-0.2, -0.15) is 0 Å². The summed E-state index contributed by atoms with van der Waals surface area (Å²) in [7, 11) is -2.79. The third-order valence-electron chi connectivity index (χ3n) is 3.66. The highest BCUT2D eigenvalue weighted by Crippen LogP contribution is 2.32. The van der Waals surface area contributed by atoms with E-state index in [1.165, 1.54) is 37.5 Å². The first-order chi connectivity index (χ1) is 12.2. The number of hydrogen-bond donors (Lipinski definition) is 0. The summed E-state index contributed by atoms with van der Waals surface area (Å²) in [6.07, 6.45) is 1.44. The summed E-state index contributed by atoms with van der Waals surface area (Å²) in [5.41, 5.74) is 1.21. The molecule has 0 N–H and O–H groups in total. The van der Waals surface area contributed by atoms with Crippen LogP contribution in [0.5, 0.6) is 0 Å². The zero-order valence-electron chi connectivity index (χ0n) is 14.2. The average molecular weight is 414 g/mol. The summed E-state index contributed by atoms with van der Waals surface area (Å²) < 4.78 is 32.3. The summed E-state index contributed by atoms with van der Waals surface area (Å²) in [5, 5.41) is 0.289. The Labute approximate surface area is 162 Å². The van der Waals surface area contributed by atoms with Crippen LogP contribution in [0.3, 0.4) is 0 Å². The largest absolute Gasteiger partial charge is 0.465 e. The number of anilines is 1. The van der Waals surface area contributed by atoms with E-state index in [1.807, 2.05) is 0 Å². The quantitative estimate of drug-likeness (QED) is 0.517. The van der Waals surface area contributed by atoms with Gasteiger partial charge in [0.1, 0.15) is 4.90 Å². The molecule has 0 fully saturated rings. The molecule has 138 valence electrons. The molecule has 0 heterocycles. The predicted octanol–water partition coefficient (Wildman–Crippen LogP) is 4.47. The van der Waals surface area contributed by atoms with E-state index in [9.17, 15) is 13.2 Å². The Morgan fingerprint density at radius 2 is 1.92 bits per heavy atom. The zero-order chi connectivity index (χ0) is 19.5. The van der Waals surface area contributed by atoms with E-state index in [0.717, 1.165) is 4.31 Å². The van der Waals surface area contributed by atoms with E-state index in [0.29, 0.717) is 11.3 Å². The average Bonchev–Trinajstić information content (AvgIpc) is 2.61. The standard InChI is InChI=1S/C18H17Cl2NO4S/c1-4-9-21(16-10-13(18(22)25-3)6-5-12(16)2)26(23,24)17-11-14(19)7-8-15(17)20/h4-8,10-11H,1,9H2,2-3H3. The van der Waals surface area contributed by atoms with Crippen molar-refractivity contribution < 1.29 is 17.9 Å². The van der Waals surface area contributed by atoms with E-state index in [2.05, 4.69) is 6.58 Å². The number of hydrogen-bond acceptors (Lipinski definition) is 4. The lowest BCUT2D eigenvalue weighted by Gasteiger charge is -2.25. The lowest BCUT2D eigenvalue weighted by molar-refractivity contribution is 0.0600. The van der Waals surface area contributed by atoms with Crippen molar-refractivity contribution in [3.8, 4) is 0 Å². The molecule has 0 saturated heterocycles. The number of nitrogens with zero attached hydrogens (tertiary/aromatic N) is 1. The molecule has 0 aliphatic heterocycles. The van der Waals surface area contributed by atoms with Gasteiger partial charge in [-0.05, 0) is 42.8 Å². The van der Waals surface area contributed by atoms with Gasteiger partial charge in [0.05, 0.1) is 29.9 Å². The highest BCUT2D eigenvalue weighted by atomic mass is 35.5. The molecule has 0 bridgehead atoms. The van der Waals surface area contributed by atoms with Crippen molar-refractivity contribution in [2.45, 2.75) is 11.8 Å². The first kappa shape index (κ1) is 20.3. The summed E-state index contributed by atoms with van der Waals surface area (Å²) in [6, 6.07) is 8.88. The first-order valence-corrected chi connectivity index (χ1v) is 9.69. The molecule has 26 heavy (non-hydrogen) atoms. The van der Waals surface area contributed by atoms with Gasteiger partial charge in [0.25, 0.3) is 10.0 Å². The summed E-state index contributed by atoms with van der Waals surface area (Å²) in [6.45, 7) is 5.34. The normalized spacial score (nSPS) is 11.1. The lowest BCUT2D eigenvalue weighted by atomic mass is 10.1. The SMILES string of the molecule is C=CCN(c1cc(C(=O)OC)ccc1C)S(=O)(=O)c1cc(Cl)ccc1Cl. The second kappa shape index (κ2) is 8.12. The van der Waals surface area contributed by atoms with Crippen molar-refractivity contribution in [2.75, 3.05) is 18.0 Å². The fraction of sp³-hybridized carbons (Fsp3) is 0.167. The van der Waals surface area contributed by atoms with Crippen LogP contribution in [0.25, 0.3) is 0 Å². The number of rotatable bonds is 6. The van der Waals surface area contributed by atoms with Crippen molar-refractivity contribution >= 4 is 44.9 Å². The Balaban J connectivity index is 2.67. The molecule has 0 aliphatic rings. The summed E-state index contributed by atoms with van der Waals surface area (Å²) in [4.78, 5) is 11.7. The minimum atomic E-state index is -4.05. The molecule has 8 heteroatoms. The van der Waals surface area contributed by atoms with Gasteiger partial charge in [0, 0.05) is 5.02 Å². The maximum Gasteiger partial charge on any atom is 0.337 e. The lowest BCUT2D eigenvalue weighted by Crippen LogP contribution is -2.32. The van der Waals surface area contributed by atoms with Crippen molar-refractivity contribution in [3.63, 3.8) is 0 Å². The van der Waals surface area contributed by atoms with Gasteiger partial charge < -0.3 is 4.74 Å². The van der Waals surface area contributed by atoms with E-state index < -0.39 is 16.0 Å².